The van der Waals surface area contributed by atoms with Gasteiger partial charge in [0.25, 0.3) is 5.91 Å². The second-order valence-corrected chi connectivity index (χ2v) is 8.10. The van der Waals surface area contributed by atoms with Crippen molar-refractivity contribution in [3.05, 3.63) is 48.5 Å². The van der Waals surface area contributed by atoms with Crippen molar-refractivity contribution in [3.63, 3.8) is 0 Å². The summed E-state index contributed by atoms with van der Waals surface area (Å²) in [6.45, 7) is 2.72. The highest BCUT2D eigenvalue weighted by molar-refractivity contribution is 5.97. The van der Waals surface area contributed by atoms with Crippen molar-refractivity contribution in [2.24, 2.45) is 5.92 Å². The molecule has 7 heteroatoms. The van der Waals surface area contributed by atoms with E-state index in [1.807, 2.05) is 24.4 Å². The molecule has 5 rings (SSSR count). The Morgan fingerprint density at radius 3 is 2.86 bits per heavy atom. The van der Waals surface area contributed by atoms with E-state index in [0.717, 1.165) is 62.3 Å². The molecule has 2 fully saturated rings. The van der Waals surface area contributed by atoms with Crippen molar-refractivity contribution in [2.75, 3.05) is 24.5 Å². The summed E-state index contributed by atoms with van der Waals surface area (Å²) in [6.07, 6.45) is 12.7. The number of anilines is 1. The van der Waals surface area contributed by atoms with Crippen LogP contribution in [0.5, 0.6) is 0 Å². The Morgan fingerprint density at radius 1 is 1.07 bits per heavy atom. The van der Waals surface area contributed by atoms with E-state index in [-0.39, 0.29) is 11.9 Å². The van der Waals surface area contributed by atoms with E-state index in [1.165, 1.54) is 6.42 Å². The lowest BCUT2D eigenvalue weighted by Crippen LogP contribution is -2.52. The van der Waals surface area contributed by atoms with Crippen LogP contribution >= 0.6 is 0 Å². The van der Waals surface area contributed by atoms with Crippen LogP contribution in [-0.4, -0.2) is 56.4 Å². The van der Waals surface area contributed by atoms with Crippen LogP contribution in [0.3, 0.4) is 0 Å². The van der Waals surface area contributed by atoms with Crippen LogP contribution in [0.15, 0.2) is 43.0 Å². The van der Waals surface area contributed by atoms with Gasteiger partial charge in [-0.2, -0.15) is 0 Å². The molecule has 150 valence electrons. The highest BCUT2D eigenvalue weighted by Crippen LogP contribution is 2.32. The first kappa shape index (κ1) is 18.1. The summed E-state index contributed by atoms with van der Waals surface area (Å²) in [7, 11) is 0. The van der Waals surface area contributed by atoms with E-state index in [1.54, 1.807) is 18.6 Å². The van der Waals surface area contributed by atoms with Crippen LogP contribution in [0.25, 0.3) is 11.0 Å². The van der Waals surface area contributed by atoms with Gasteiger partial charge in [0.1, 0.15) is 5.65 Å². The number of piperidine rings is 2. The van der Waals surface area contributed by atoms with Crippen molar-refractivity contribution < 1.29 is 4.79 Å². The summed E-state index contributed by atoms with van der Waals surface area (Å²) in [5, 5.41) is 0.981. The molecule has 2 aliphatic rings. The number of nitrogens with zero attached hydrogens (tertiary/aromatic N) is 5. The third kappa shape index (κ3) is 3.57. The van der Waals surface area contributed by atoms with E-state index >= 15 is 0 Å². The number of rotatable bonds is 3. The summed E-state index contributed by atoms with van der Waals surface area (Å²) in [6, 6.07) is 6.04. The van der Waals surface area contributed by atoms with E-state index in [0.29, 0.717) is 11.5 Å². The van der Waals surface area contributed by atoms with Crippen LogP contribution in [0.1, 0.15) is 42.5 Å². The number of carbonyl (C=O) groups excluding carboxylic acids is 1. The Labute approximate surface area is 170 Å². The Kier molecular flexibility index (Phi) is 4.87. The number of nitrogens with one attached hydrogen (secondary N) is 1. The molecule has 3 aromatic heterocycles. The number of H-pyrrole nitrogens is 1. The first-order chi connectivity index (χ1) is 14.3. The van der Waals surface area contributed by atoms with Crippen LogP contribution in [-0.2, 0) is 0 Å². The molecule has 2 aliphatic heterocycles. The number of likely N-dealkylation sites (tertiary alicyclic amines) is 1. The first-order valence-corrected chi connectivity index (χ1v) is 10.6. The zero-order valence-electron chi connectivity index (χ0n) is 16.5. The monoisotopic (exact) mass is 390 g/mol. The first-order valence-electron chi connectivity index (χ1n) is 10.6. The van der Waals surface area contributed by atoms with Crippen LogP contribution < -0.4 is 4.90 Å². The normalized spacial score (nSPS) is 22.8. The number of aromatic amines is 1. The van der Waals surface area contributed by atoms with Gasteiger partial charge in [-0.05, 0) is 56.2 Å². The molecule has 0 saturated carbocycles. The average Bonchev–Trinajstić information content (AvgIpc) is 3.27. The minimum Gasteiger partial charge on any atom is -0.346 e. The molecule has 7 nitrogen and oxygen atoms in total. The topological polar surface area (TPSA) is 78.0 Å². The zero-order chi connectivity index (χ0) is 19.6. The van der Waals surface area contributed by atoms with Gasteiger partial charge in [-0.25, -0.2) is 15.0 Å². The molecular weight excluding hydrogens is 364 g/mol. The number of hydrogen-bond donors (Lipinski definition) is 1. The molecule has 0 bridgehead atoms. The van der Waals surface area contributed by atoms with Crippen molar-refractivity contribution in [3.8, 4) is 0 Å². The maximum absolute atomic E-state index is 13.4. The Balaban J connectivity index is 1.37. The SMILES string of the molecule is O=C(c1cnc2[nH]ccc2c1)N1CCCCC1C1CCCN(c2ncccn2)C1. The third-order valence-corrected chi connectivity index (χ3v) is 6.29. The summed E-state index contributed by atoms with van der Waals surface area (Å²) in [5.41, 5.74) is 1.51. The van der Waals surface area contributed by atoms with E-state index in [9.17, 15) is 4.79 Å². The fourth-order valence-electron chi connectivity index (χ4n) is 4.88. The molecule has 0 aromatic carbocycles. The third-order valence-electron chi connectivity index (χ3n) is 6.29. The Morgan fingerprint density at radius 2 is 1.97 bits per heavy atom. The number of carbonyl (C=O) groups is 1. The van der Waals surface area contributed by atoms with Crippen molar-refractivity contribution in [2.45, 2.75) is 38.1 Å². The predicted molar refractivity (Wildman–Crippen MR) is 112 cm³/mol. The number of pyridine rings is 1. The maximum Gasteiger partial charge on any atom is 0.255 e. The molecule has 2 atom stereocenters. The van der Waals surface area contributed by atoms with Gasteiger partial charge >= 0.3 is 0 Å². The molecular formula is C22H26N6O. The second kappa shape index (κ2) is 7.81. The van der Waals surface area contributed by atoms with Gasteiger partial charge in [0, 0.05) is 55.8 Å². The quantitative estimate of drug-likeness (QED) is 0.743. The lowest BCUT2D eigenvalue weighted by atomic mass is 9.84. The molecule has 29 heavy (non-hydrogen) atoms. The minimum atomic E-state index is 0.110. The molecule has 0 aliphatic carbocycles. The van der Waals surface area contributed by atoms with Gasteiger partial charge in [-0.3, -0.25) is 4.79 Å². The highest BCUT2D eigenvalue weighted by atomic mass is 16.2. The molecule has 5 heterocycles. The largest absolute Gasteiger partial charge is 0.346 e. The Bertz CT molecular complexity index is 987. The number of aromatic nitrogens is 4. The molecule has 2 unspecified atom stereocenters. The van der Waals surface area contributed by atoms with Crippen LogP contribution in [0.4, 0.5) is 5.95 Å². The fraction of sp³-hybridized carbons (Fsp3) is 0.455. The Hall–Kier alpha value is -2.96. The molecule has 3 aromatic rings. The maximum atomic E-state index is 13.4. The van der Waals surface area contributed by atoms with Gasteiger partial charge in [0.2, 0.25) is 5.95 Å². The summed E-state index contributed by atoms with van der Waals surface area (Å²) in [5.74, 6) is 1.35. The second-order valence-electron chi connectivity index (χ2n) is 8.10. The number of hydrogen-bond acceptors (Lipinski definition) is 5. The number of fused-ring (bicyclic) bond motifs is 1. The standard InChI is InChI=1S/C22H26N6O/c29-21(18-13-16-7-10-23-20(16)26-14-18)28-12-2-1-6-19(28)17-5-3-11-27(15-17)22-24-8-4-9-25-22/h4,7-10,13-14,17,19H,1-3,5-6,11-12,15H2,(H,23,26). The molecule has 0 spiro atoms. The van der Waals surface area contributed by atoms with E-state index in [4.69, 9.17) is 0 Å². The highest BCUT2D eigenvalue weighted by Gasteiger charge is 2.36. The predicted octanol–water partition coefficient (Wildman–Crippen LogP) is 3.26. The van der Waals surface area contributed by atoms with Gasteiger partial charge in [0.15, 0.2) is 0 Å². The fourth-order valence-corrected chi connectivity index (χ4v) is 4.88. The van der Waals surface area contributed by atoms with Crippen LogP contribution in [0, 0.1) is 5.92 Å². The summed E-state index contributed by atoms with van der Waals surface area (Å²) >= 11 is 0. The molecule has 1 N–H and O–H groups in total. The van der Waals surface area contributed by atoms with Gasteiger partial charge < -0.3 is 14.8 Å². The van der Waals surface area contributed by atoms with Gasteiger partial charge in [-0.15, -0.1) is 0 Å². The lowest BCUT2D eigenvalue weighted by molar-refractivity contribution is 0.0495. The van der Waals surface area contributed by atoms with E-state index in [2.05, 4.69) is 29.7 Å². The van der Waals surface area contributed by atoms with Crippen molar-refractivity contribution in [1.29, 1.82) is 0 Å². The smallest absolute Gasteiger partial charge is 0.255 e. The molecule has 1 amide bonds. The van der Waals surface area contributed by atoms with Crippen LogP contribution in [0.2, 0.25) is 0 Å². The van der Waals surface area contributed by atoms with Gasteiger partial charge in [-0.1, -0.05) is 0 Å². The number of amides is 1. The average molecular weight is 390 g/mol. The van der Waals surface area contributed by atoms with Crippen molar-refractivity contribution >= 4 is 22.9 Å². The molecule has 0 radical (unpaired) electrons. The zero-order valence-corrected chi connectivity index (χ0v) is 16.5. The lowest BCUT2D eigenvalue weighted by Gasteiger charge is -2.44. The van der Waals surface area contributed by atoms with E-state index < -0.39 is 0 Å². The van der Waals surface area contributed by atoms with Crippen molar-refractivity contribution in [1.82, 2.24) is 24.8 Å². The molecule has 2 saturated heterocycles. The summed E-state index contributed by atoms with van der Waals surface area (Å²) < 4.78 is 0. The minimum absolute atomic E-state index is 0.110. The summed E-state index contributed by atoms with van der Waals surface area (Å²) in [4.78, 5) is 34.2. The van der Waals surface area contributed by atoms with Gasteiger partial charge in [0.05, 0.1) is 5.56 Å².